The van der Waals surface area contributed by atoms with E-state index >= 15 is 0 Å². The lowest BCUT2D eigenvalue weighted by Gasteiger charge is -2.20. The van der Waals surface area contributed by atoms with Crippen LogP contribution in [0.1, 0.15) is 12.5 Å². The number of aliphatic carboxylic acids is 1. The van der Waals surface area contributed by atoms with Crippen molar-refractivity contribution < 1.29 is 19.4 Å². The van der Waals surface area contributed by atoms with Crippen LogP contribution in [0.4, 0.5) is 0 Å². The average molecular weight is 299 g/mol. The lowest BCUT2D eigenvalue weighted by atomic mass is 10.1. The minimum Gasteiger partial charge on any atom is -0.486 e. The van der Waals surface area contributed by atoms with Crippen LogP contribution in [-0.4, -0.2) is 24.3 Å². The van der Waals surface area contributed by atoms with E-state index in [1.165, 1.54) is 0 Å². The van der Waals surface area contributed by atoms with Gasteiger partial charge in [-0.25, -0.2) is 4.79 Å². The van der Waals surface area contributed by atoms with Gasteiger partial charge in [0.25, 0.3) is 0 Å². The molecule has 1 aliphatic rings. The Bertz CT molecular complexity index is 494. The van der Waals surface area contributed by atoms with Crippen molar-refractivity contribution in [3.8, 4) is 11.5 Å². The summed E-state index contributed by atoms with van der Waals surface area (Å²) < 4.78 is 11.7. The van der Waals surface area contributed by atoms with E-state index in [4.69, 9.17) is 14.6 Å². The van der Waals surface area contributed by atoms with Gasteiger partial charge in [-0.3, -0.25) is 0 Å². The third kappa shape index (κ3) is 2.61. The molecule has 0 saturated heterocycles. The standard InChI is InChI=1S/C12H11BrO4/c1-7(12(14)15)4-8-5-9(13)11-10(6-8)16-2-3-17-11/h4-6H,2-3H2,1H3,(H,14,15). The van der Waals surface area contributed by atoms with Crippen molar-refractivity contribution in [1.82, 2.24) is 0 Å². The first-order valence-electron chi connectivity index (χ1n) is 5.08. The van der Waals surface area contributed by atoms with Gasteiger partial charge < -0.3 is 14.6 Å². The zero-order chi connectivity index (χ0) is 12.4. The van der Waals surface area contributed by atoms with E-state index in [0.29, 0.717) is 24.7 Å². The summed E-state index contributed by atoms with van der Waals surface area (Å²) in [5.41, 5.74) is 1.04. The molecule has 17 heavy (non-hydrogen) atoms. The first-order chi connectivity index (χ1) is 8.08. The normalized spacial score (nSPS) is 14.6. The molecule has 1 aliphatic heterocycles. The summed E-state index contributed by atoms with van der Waals surface area (Å²) in [6.07, 6.45) is 1.59. The molecule has 1 N–H and O–H groups in total. The van der Waals surface area contributed by atoms with E-state index in [1.807, 2.05) is 0 Å². The van der Waals surface area contributed by atoms with Gasteiger partial charge in [-0.2, -0.15) is 0 Å². The number of carboxylic acids is 1. The molecule has 0 unspecified atom stereocenters. The minimum atomic E-state index is -0.934. The van der Waals surface area contributed by atoms with Crippen LogP contribution in [0.25, 0.3) is 6.08 Å². The molecule has 0 amide bonds. The second kappa shape index (κ2) is 4.79. The quantitative estimate of drug-likeness (QED) is 0.853. The molecular formula is C12H11BrO4. The predicted octanol–water partition coefficient (Wildman–Crippen LogP) is 2.71. The smallest absolute Gasteiger partial charge is 0.331 e. The van der Waals surface area contributed by atoms with Crippen molar-refractivity contribution in [2.75, 3.05) is 13.2 Å². The average Bonchev–Trinajstić information content (AvgIpc) is 2.29. The van der Waals surface area contributed by atoms with Crippen LogP contribution in [0.5, 0.6) is 11.5 Å². The van der Waals surface area contributed by atoms with Gasteiger partial charge in [0.15, 0.2) is 11.5 Å². The fraction of sp³-hybridized carbons (Fsp3) is 0.250. The fourth-order valence-electron chi connectivity index (χ4n) is 1.53. The largest absolute Gasteiger partial charge is 0.486 e. The molecule has 0 saturated carbocycles. The maximum Gasteiger partial charge on any atom is 0.331 e. The molecule has 0 aliphatic carbocycles. The summed E-state index contributed by atoms with van der Waals surface area (Å²) in [5.74, 6) is 0.368. The van der Waals surface area contributed by atoms with Gasteiger partial charge in [-0.05, 0) is 46.6 Å². The Morgan fingerprint density at radius 1 is 1.41 bits per heavy atom. The molecule has 1 aromatic carbocycles. The Hall–Kier alpha value is -1.49. The molecule has 0 fully saturated rings. The van der Waals surface area contributed by atoms with E-state index in [-0.39, 0.29) is 5.57 Å². The summed E-state index contributed by atoms with van der Waals surface area (Å²) >= 11 is 3.38. The Labute approximate surface area is 107 Å². The van der Waals surface area contributed by atoms with Gasteiger partial charge in [-0.15, -0.1) is 0 Å². The maximum absolute atomic E-state index is 10.7. The molecule has 0 radical (unpaired) electrons. The van der Waals surface area contributed by atoms with E-state index in [0.717, 1.165) is 10.0 Å². The zero-order valence-electron chi connectivity index (χ0n) is 9.20. The molecule has 2 rings (SSSR count). The van der Waals surface area contributed by atoms with Gasteiger partial charge in [0, 0.05) is 5.57 Å². The van der Waals surface area contributed by atoms with E-state index in [2.05, 4.69) is 15.9 Å². The Kier molecular flexibility index (Phi) is 3.38. The number of carboxylic acid groups (broad SMARTS) is 1. The third-order valence-corrected chi connectivity index (χ3v) is 2.93. The van der Waals surface area contributed by atoms with E-state index in [9.17, 15) is 4.79 Å². The van der Waals surface area contributed by atoms with Crippen LogP contribution >= 0.6 is 15.9 Å². The molecule has 5 heteroatoms. The third-order valence-electron chi connectivity index (χ3n) is 2.34. The van der Waals surface area contributed by atoms with Crippen molar-refractivity contribution in [3.63, 3.8) is 0 Å². The molecule has 0 aromatic heterocycles. The number of halogens is 1. The minimum absolute atomic E-state index is 0.272. The van der Waals surface area contributed by atoms with Gasteiger partial charge >= 0.3 is 5.97 Å². The Morgan fingerprint density at radius 3 is 2.82 bits per heavy atom. The highest BCUT2D eigenvalue weighted by Crippen LogP contribution is 2.38. The summed E-state index contributed by atoms with van der Waals surface area (Å²) in [4.78, 5) is 10.7. The zero-order valence-corrected chi connectivity index (χ0v) is 10.8. The first kappa shape index (κ1) is 12.0. The summed E-state index contributed by atoms with van der Waals surface area (Å²) in [5, 5.41) is 8.82. The molecule has 0 bridgehead atoms. The second-order valence-corrected chi connectivity index (χ2v) is 4.51. The van der Waals surface area contributed by atoms with Crippen molar-refractivity contribution in [2.45, 2.75) is 6.92 Å². The highest BCUT2D eigenvalue weighted by Gasteiger charge is 2.16. The van der Waals surface area contributed by atoms with Gasteiger partial charge in [0.1, 0.15) is 13.2 Å². The summed E-state index contributed by atoms with van der Waals surface area (Å²) in [6, 6.07) is 3.58. The molecular weight excluding hydrogens is 288 g/mol. The number of rotatable bonds is 2. The van der Waals surface area contributed by atoms with E-state index in [1.54, 1.807) is 25.1 Å². The highest BCUT2D eigenvalue weighted by atomic mass is 79.9. The number of carbonyl (C=O) groups is 1. The topological polar surface area (TPSA) is 55.8 Å². The van der Waals surface area contributed by atoms with Crippen molar-refractivity contribution in [3.05, 3.63) is 27.7 Å². The number of ether oxygens (including phenoxy) is 2. The first-order valence-corrected chi connectivity index (χ1v) is 5.88. The molecule has 1 aromatic rings. The van der Waals surface area contributed by atoms with Gasteiger partial charge in [-0.1, -0.05) is 0 Å². The van der Waals surface area contributed by atoms with Crippen LogP contribution in [0.15, 0.2) is 22.2 Å². The summed E-state index contributed by atoms with van der Waals surface area (Å²) in [7, 11) is 0. The Balaban J connectivity index is 2.41. The number of hydrogen-bond acceptors (Lipinski definition) is 3. The monoisotopic (exact) mass is 298 g/mol. The molecule has 0 spiro atoms. The molecule has 90 valence electrons. The van der Waals surface area contributed by atoms with Crippen LogP contribution in [0.3, 0.4) is 0 Å². The molecule has 0 atom stereocenters. The Morgan fingerprint density at radius 2 is 2.12 bits per heavy atom. The lowest BCUT2D eigenvalue weighted by molar-refractivity contribution is -0.132. The molecule has 4 nitrogen and oxygen atoms in total. The van der Waals surface area contributed by atoms with Crippen molar-refractivity contribution in [2.24, 2.45) is 0 Å². The summed E-state index contributed by atoms with van der Waals surface area (Å²) in [6.45, 7) is 2.58. The number of benzene rings is 1. The SMILES string of the molecule is CC(=Cc1cc(Br)c2c(c1)OCCO2)C(=O)O. The van der Waals surface area contributed by atoms with Crippen LogP contribution in [0.2, 0.25) is 0 Å². The van der Waals surface area contributed by atoms with Crippen LogP contribution in [0, 0.1) is 0 Å². The highest BCUT2D eigenvalue weighted by molar-refractivity contribution is 9.10. The maximum atomic E-state index is 10.7. The van der Waals surface area contributed by atoms with Crippen LogP contribution < -0.4 is 9.47 Å². The second-order valence-electron chi connectivity index (χ2n) is 3.66. The molecule has 1 heterocycles. The van der Waals surface area contributed by atoms with Gasteiger partial charge in [0.2, 0.25) is 0 Å². The number of fused-ring (bicyclic) bond motifs is 1. The lowest BCUT2D eigenvalue weighted by Crippen LogP contribution is -2.15. The van der Waals surface area contributed by atoms with E-state index < -0.39 is 5.97 Å². The van der Waals surface area contributed by atoms with Gasteiger partial charge in [0.05, 0.1) is 4.47 Å². The predicted molar refractivity (Wildman–Crippen MR) is 66.4 cm³/mol. The fourth-order valence-corrected chi connectivity index (χ4v) is 2.10. The number of hydrogen-bond donors (Lipinski definition) is 1. The van der Waals surface area contributed by atoms with Crippen LogP contribution in [-0.2, 0) is 4.79 Å². The van der Waals surface area contributed by atoms with Crippen molar-refractivity contribution >= 4 is 28.0 Å². The van der Waals surface area contributed by atoms with Crippen molar-refractivity contribution in [1.29, 1.82) is 0 Å².